The van der Waals surface area contributed by atoms with E-state index in [0.717, 1.165) is 42.9 Å². The fourth-order valence-electron chi connectivity index (χ4n) is 5.63. The Morgan fingerprint density at radius 3 is 2.32 bits per heavy atom. The van der Waals surface area contributed by atoms with E-state index < -0.39 is 0 Å². The Balaban J connectivity index is 1.52. The van der Waals surface area contributed by atoms with Crippen LogP contribution in [0.3, 0.4) is 0 Å². The topological polar surface area (TPSA) is 48.0 Å². The molecule has 1 saturated carbocycles. The van der Waals surface area contributed by atoms with Gasteiger partial charge in [-0.1, -0.05) is 57.8 Å². The second-order valence-corrected chi connectivity index (χ2v) is 9.59. The van der Waals surface area contributed by atoms with E-state index in [-0.39, 0.29) is 18.8 Å². The summed E-state index contributed by atoms with van der Waals surface area (Å²) in [7, 11) is 3.82. The Morgan fingerprint density at radius 1 is 1.03 bits per heavy atom. The SMILES string of the molecule is COc1c2c(cc3c1[C@@H](CC(=O)C1CCCCCCCCCCC1)N(C)CC3)OCO2. The number of hydrogen-bond acceptors (Lipinski definition) is 5. The van der Waals surface area contributed by atoms with E-state index in [9.17, 15) is 4.79 Å². The van der Waals surface area contributed by atoms with Crippen LogP contribution in [0.5, 0.6) is 17.2 Å². The summed E-state index contributed by atoms with van der Waals surface area (Å²) in [5.74, 6) is 2.86. The molecule has 5 nitrogen and oxygen atoms in total. The highest BCUT2D eigenvalue weighted by Gasteiger charge is 2.35. The maximum atomic E-state index is 13.5. The minimum atomic E-state index is 0.0436. The molecule has 2 heterocycles. The van der Waals surface area contributed by atoms with Gasteiger partial charge in [0.15, 0.2) is 11.5 Å². The van der Waals surface area contributed by atoms with Crippen molar-refractivity contribution in [2.24, 2.45) is 5.92 Å². The molecule has 0 aromatic heterocycles. The van der Waals surface area contributed by atoms with Crippen molar-refractivity contribution in [3.63, 3.8) is 0 Å². The zero-order valence-corrected chi connectivity index (χ0v) is 19.4. The molecule has 0 bridgehead atoms. The van der Waals surface area contributed by atoms with Crippen LogP contribution < -0.4 is 14.2 Å². The standard InChI is InChI=1S/C26H39NO4/c1-27-15-14-20-16-23-25(31-18-30-23)26(29-2)24(20)21(27)17-22(28)19-12-10-8-6-4-3-5-7-9-11-13-19/h16,19,21H,3-15,17-18H2,1-2H3/t21-/m1/s1. The number of ketones is 1. The largest absolute Gasteiger partial charge is 0.492 e. The van der Waals surface area contributed by atoms with Crippen LogP contribution in [0.15, 0.2) is 6.07 Å². The van der Waals surface area contributed by atoms with Gasteiger partial charge < -0.3 is 14.2 Å². The van der Waals surface area contributed by atoms with Crippen molar-refractivity contribution in [2.75, 3.05) is 27.5 Å². The number of methoxy groups -OCH3 is 1. The van der Waals surface area contributed by atoms with E-state index in [1.165, 1.54) is 63.4 Å². The van der Waals surface area contributed by atoms with E-state index >= 15 is 0 Å². The van der Waals surface area contributed by atoms with Gasteiger partial charge in [-0.2, -0.15) is 0 Å². The molecule has 5 heteroatoms. The van der Waals surface area contributed by atoms with Gasteiger partial charge in [0.25, 0.3) is 0 Å². The number of Topliss-reactive ketones (excluding diaryl/α,β-unsaturated/α-hetero) is 1. The maximum Gasteiger partial charge on any atom is 0.231 e. The summed E-state index contributed by atoms with van der Waals surface area (Å²) < 4.78 is 17.2. The average molecular weight is 430 g/mol. The average Bonchev–Trinajstić information content (AvgIpc) is 3.23. The quantitative estimate of drug-likeness (QED) is 0.602. The number of likely N-dealkylation sites (N-methyl/N-ethyl adjacent to an activating group) is 1. The highest BCUT2D eigenvalue weighted by molar-refractivity contribution is 5.82. The van der Waals surface area contributed by atoms with Crippen LogP contribution in [0.2, 0.25) is 0 Å². The fraction of sp³-hybridized carbons (Fsp3) is 0.731. The Morgan fingerprint density at radius 2 is 1.68 bits per heavy atom. The van der Waals surface area contributed by atoms with Crippen molar-refractivity contribution in [1.82, 2.24) is 4.90 Å². The first kappa shape index (κ1) is 22.4. The predicted molar refractivity (Wildman–Crippen MR) is 122 cm³/mol. The molecule has 172 valence electrons. The van der Waals surface area contributed by atoms with Gasteiger partial charge >= 0.3 is 0 Å². The van der Waals surface area contributed by atoms with Crippen molar-refractivity contribution in [2.45, 2.75) is 89.5 Å². The monoisotopic (exact) mass is 429 g/mol. The van der Waals surface area contributed by atoms with Gasteiger partial charge in [-0.15, -0.1) is 0 Å². The molecule has 0 saturated heterocycles. The van der Waals surface area contributed by atoms with Gasteiger partial charge in [-0.3, -0.25) is 9.69 Å². The molecule has 3 aliphatic rings. The molecule has 1 aromatic rings. The van der Waals surface area contributed by atoms with Gasteiger partial charge in [0, 0.05) is 30.5 Å². The molecule has 31 heavy (non-hydrogen) atoms. The second kappa shape index (κ2) is 10.7. The van der Waals surface area contributed by atoms with Crippen LogP contribution in [0.25, 0.3) is 0 Å². The van der Waals surface area contributed by atoms with Crippen LogP contribution in [-0.4, -0.2) is 38.2 Å². The lowest BCUT2D eigenvalue weighted by Gasteiger charge is -2.36. The molecular weight excluding hydrogens is 390 g/mol. The molecule has 0 radical (unpaired) electrons. The molecule has 1 aromatic carbocycles. The van der Waals surface area contributed by atoms with Crippen molar-refractivity contribution in [3.8, 4) is 17.2 Å². The molecule has 0 unspecified atom stereocenters. The maximum absolute atomic E-state index is 13.5. The molecule has 4 rings (SSSR count). The third-order valence-electron chi connectivity index (χ3n) is 7.50. The third kappa shape index (κ3) is 5.19. The van der Waals surface area contributed by atoms with E-state index in [1.807, 2.05) is 0 Å². The lowest BCUT2D eigenvalue weighted by Crippen LogP contribution is -2.35. The van der Waals surface area contributed by atoms with E-state index in [2.05, 4.69) is 18.0 Å². The van der Waals surface area contributed by atoms with Gasteiger partial charge in [0.2, 0.25) is 12.5 Å². The fourth-order valence-corrected chi connectivity index (χ4v) is 5.63. The van der Waals surface area contributed by atoms with E-state index in [0.29, 0.717) is 18.0 Å². The van der Waals surface area contributed by atoms with Crippen molar-refractivity contribution in [1.29, 1.82) is 0 Å². The first-order chi connectivity index (χ1) is 15.2. The number of nitrogens with zero attached hydrogens (tertiary/aromatic N) is 1. The molecule has 1 aliphatic carbocycles. The summed E-state index contributed by atoms with van der Waals surface area (Å²) in [5, 5.41) is 0. The number of carbonyl (C=O) groups is 1. The summed E-state index contributed by atoms with van der Waals surface area (Å²) in [6.45, 7) is 1.18. The Bertz CT molecular complexity index is 750. The second-order valence-electron chi connectivity index (χ2n) is 9.59. The normalized spacial score (nSPS) is 23.5. The lowest BCUT2D eigenvalue weighted by atomic mass is 9.83. The summed E-state index contributed by atoms with van der Waals surface area (Å²) in [6.07, 6.45) is 15.3. The smallest absolute Gasteiger partial charge is 0.231 e. The van der Waals surface area contributed by atoms with Crippen LogP contribution in [0, 0.1) is 5.92 Å². The van der Waals surface area contributed by atoms with Crippen molar-refractivity contribution >= 4 is 5.78 Å². The minimum absolute atomic E-state index is 0.0436. The third-order valence-corrected chi connectivity index (χ3v) is 7.50. The van der Waals surface area contributed by atoms with Gasteiger partial charge in [-0.25, -0.2) is 0 Å². The summed E-state index contributed by atoms with van der Waals surface area (Å²) >= 11 is 0. The number of fused-ring (bicyclic) bond motifs is 2. The minimum Gasteiger partial charge on any atom is -0.492 e. The van der Waals surface area contributed by atoms with Crippen LogP contribution >= 0.6 is 0 Å². The molecule has 2 aliphatic heterocycles. The van der Waals surface area contributed by atoms with Crippen molar-refractivity contribution < 1.29 is 19.0 Å². The highest BCUT2D eigenvalue weighted by atomic mass is 16.7. The molecule has 1 atom stereocenters. The highest BCUT2D eigenvalue weighted by Crippen LogP contribution is 2.50. The van der Waals surface area contributed by atoms with Gasteiger partial charge in [-0.05, 0) is 37.9 Å². The van der Waals surface area contributed by atoms with Crippen LogP contribution in [0.4, 0.5) is 0 Å². The lowest BCUT2D eigenvalue weighted by molar-refractivity contribution is -0.124. The number of benzene rings is 1. The number of rotatable bonds is 4. The van der Waals surface area contributed by atoms with E-state index in [4.69, 9.17) is 14.2 Å². The Kier molecular flexibility index (Phi) is 7.76. The Labute approximate surface area is 187 Å². The summed E-state index contributed by atoms with van der Waals surface area (Å²) in [6, 6.07) is 2.14. The van der Waals surface area contributed by atoms with Crippen LogP contribution in [-0.2, 0) is 11.2 Å². The van der Waals surface area contributed by atoms with E-state index in [1.54, 1.807) is 7.11 Å². The first-order valence-corrected chi connectivity index (χ1v) is 12.4. The van der Waals surface area contributed by atoms with Gasteiger partial charge in [0.1, 0.15) is 5.78 Å². The number of carbonyl (C=O) groups excluding carboxylic acids is 1. The number of ether oxygens (including phenoxy) is 3. The van der Waals surface area contributed by atoms with Gasteiger partial charge in [0.05, 0.1) is 7.11 Å². The molecule has 0 N–H and O–H groups in total. The molecular formula is C26H39NO4. The van der Waals surface area contributed by atoms with Crippen LogP contribution in [0.1, 0.15) is 94.2 Å². The molecule has 0 amide bonds. The predicted octanol–water partition coefficient (Wildman–Crippen LogP) is 5.83. The molecule has 1 fully saturated rings. The zero-order valence-electron chi connectivity index (χ0n) is 19.4. The van der Waals surface area contributed by atoms with Crippen molar-refractivity contribution in [3.05, 3.63) is 17.2 Å². The summed E-state index contributed by atoms with van der Waals surface area (Å²) in [5.41, 5.74) is 2.36. The molecule has 0 spiro atoms. The Hall–Kier alpha value is -1.75. The first-order valence-electron chi connectivity index (χ1n) is 12.4. The number of hydrogen-bond donors (Lipinski definition) is 0. The summed E-state index contributed by atoms with van der Waals surface area (Å²) in [4.78, 5) is 15.9. The zero-order chi connectivity index (χ0) is 21.6.